The van der Waals surface area contributed by atoms with E-state index in [9.17, 15) is 14.4 Å². The number of carbonyl (C=O) groups is 3. The van der Waals surface area contributed by atoms with E-state index >= 15 is 0 Å². The van der Waals surface area contributed by atoms with Gasteiger partial charge in [0.25, 0.3) is 5.91 Å². The molecule has 1 aromatic heterocycles. The maximum Gasteiger partial charge on any atom is 0.255 e. The van der Waals surface area contributed by atoms with E-state index in [1.165, 1.54) is 0 Å². The maximum absolute atomic E-state index is 14.2. The van der Waals surface area contributed by atoms with Crippen molar-refractivity contribution in [1.82, 2.24) is 20.1 Å². The first kappa shape index (κ1) is 24.8. The normalized spacial score (nSPS) is 20.1. The van der Waals surface area contributed by atoms with Gasteiger partial charge >= 0.3 is 0 Å². The third-order valence-electron chi connectivity index (χ3n) is 8.41. The van der Waals surface area contributed by atoms with E-state index in [0.29, 0.717) is 44.5 Å². The van der Waals surface area contributed by atoms with Crippen molar-refractivity contribution >= 4 is 29.1 Å². The Balaban J connectivity index is 1.15. The van der Waals surface area contributed by atoms with Crippen LogP contribution in [0.4, 0.5) is 0 Å². The Labute approximate surface area is 226 Å². The van der Waals surface area contributed by atoms with E-state index in [4.69, 9.17) is 0 Å². The third kappa shape index (κ3) is 4.21. The Hall–Kier alpha value is -3.52. The summed E-state index contributed by atoms with van der Waals surface area (Å²) in [4.78, 5) is 49.9. The summed E-state index contributed by atoms with van der Waals surface area (Å²) in [6.45, 7) is 3.42. The third-order valence-corrected chi connectivity index (χ3v) is 9.39. The van der Waals surface area contributed by atoms with Gasteiger partial charge < -0.3 is 15.1 Å². The molecule has 196 valence electrons. The molecule has 0 bridgehead atoms. The van der Waals surface area contributed by atoms with Crippen molar-refractivity contribution in [3.63, 3.8) is 0 Å². The predicted octanol–water partition coefficient (Wildman–Crippen LogP) is 4.69. The van der Waals surface area contributed by atoms with E-state index in [-0.39, 0.29) is 17.7 Å². The SMILES string of the molecule is Cc1ncsc1-c1ccc(CNC(=O)C2CCCN2C(=O)C2(N3Cc4ccccc4C3=O)CCCC2)cc1. The van der Waals surface area contributed by atoms with E-state index < -0.39 is 11.6 Å². The summed E-state index contributed by atoms with van der Waals surface area (Å²) in [6, 6.07) is 15.3. The summed E-state index contributed by atoms with van der Waals surface area (Å²) >= 11 is 1.62. The van der Waals surface area contributed by atoms with Crippen molar-refractivity contribution in [2.24, 2.45) is 0 Å². The highest BCUT2D eigenvalue weighted by molar-refractivity contribution is 7.13. The molecule has 3 aromatic rings. The van der Waals surface area contributed by atoms with Gasteiger partial charge in [0, 0.05) is 25.2 Å². The second kappa shape index (κ2) is 9.98. The second-order valence-electron chi connectivity index (χ2n) is 10.6. The van der Waals surface area contributed by atoms with E-state index in [2.05, 4.69) is 22.4 Å². The number of likely N-dealkylation sites (tertiary alicyclic amines) is 1. The van der Waals surface area contributed by atoms with Crippen LogP contribution in [0.2, 0.25) is 0 Å². The van der Waals surface area contributed by atoms with Crippen LogP contribution in [0.15, 0.2) is 54.0 Å². The molecule has 1 saturated heterocycles. The fourth-order valence-electron chi connectivity index (χ4n) is 6.37. The van der Waals surface area contributed by atoms with Crippen LogP contribution in [0, 0.1) is 6.92 Å². The number of nitrogens with zero attached hydrogens (tertiary/aromatic N) is 3. The second-order valence-corrected chi connectivity index (χ2v) is 11.5. The van der Waals surface area contributed by atoms with Crippen molar-refractivity contribution in [3.8, 4) is 10.4 Å². The molecule has 1 aliphatic carbocycles. The van der Waals surface area contributed by atoms with Crippen LogP contribution in [0.1, 0.15) is 65.7 Å². The van der Waals surface area contributed by atoms with Gasteiger partial charge in [0.1, 0.15) is 11.6 Å². The van der Waals surface area contributed by atoms with E-state index in [1.54, 1.807) is 21.1 Å². The van der Waals surface area contributed by atoms with Crippen molar-refractivity contribution in [3.05, 3.63) is 76.4 Å². The molecule has 38 heavy (non-hydrogen) atoms. The molecule has 3 amide bonds. The van der Waals surface area contributed by atoms with Crippen LogP contribution < -0.4 is 5.32 Å². The lowest BCUT2D eigenvalue weighted by atomic mass is 9.92. The number of aryl methyl sites for hydroxylation is 1. The molecule has 1 atom stereocenters. The van der Waals surface area contributed by atoms with Crippen molar-refractivity contribution in [2.45, 2.75) is 70.1 Å². The van der Waals surface area contributed by atoms with Crippen molar-refractivity contribution < 1.29 is 14.4 Å². The van der Waals surface area contributed by atoms with Crippen LogP contribution >= 0.6 is 11.3 Å². The van der Waals surface area contributed by atoms with Gasteiger partial charge in [0.2, 0.25) is 11.8 Å². The summed E-state index contributed by atoms with van der Waals surface area (Å²) in [5.41, 5.74) is 5.80. The zero-order chi connectivity index (χ0) is 26.3. The molecule has 3 heterocycles. The van der Waals surface area contributed by atoms with Crippen LogP contribution in [0.25, 0.3) is 10.4 Å². The topological polar surface area (TPSA) is 82.6 Å². The molecule has 2 aliphatic heterocycles. The fraction of sp³-hybridized carbons (Fsp3) is 0.400. The largest absolute Gasteiger partial charge is 0.350 e. The first-order valence-electron chi connectivity index (χ1n) is 13.5. The quantitative estimate of drug-likeness (QED) is 0.503. The molecule has 0 spiro atoms. The van der Waals surface area contributed by atoms with Crippen LogP contribution in [0.5, 0.6) is 0 Å². The molecule has 2 aromatic carbocycles. The highest BCUT2D eigenvalue weighted by Crippen LogP contribution is 2.42. The standard InChI is InChI=1S/C30H32N4O3S/c1-20-26(38-19-32-20)22-12-10-21(11-13-22)17-31-27(35)25-9-6-16-33(25)29(37)30(14-4-5-15-30)34-18-23-7-2-3-8-24(23)28(34)36/h2-3,7-8,10-13,19,25H,4-6,9,14-18H2,1H3,(H,31,35). The smallest absolute Gasteiger partial charge is 0.255 e. The van der Waals surface area contributed by atoms with E-state index in [0.717, 1.165) is 46.5 Å². The lowest BCUT2D eigenvalue weighted by molar-refractivity contribution is -0.147. The Morgan fingerprint density at radius 3 is 2.55 bits per heavy atom. The Morgan fingerprint density at radius 2 is 1.84 bits per heavy atom. The van der Waals surface area contributed by atoms with Crippen LogP contribution in [0.3, 0.4) is 0 Å². The van der Waals surface area contributed by atoms with Gasteiger partial charge in [0.15, 0.2) is 0 Å². The predicted molar refractivity (Wildman–Crippen MR) is 146 cm³/mol. The summed E-state index contributed by atoms with van der Waals surface area (Å²) < 4.78 is 0. The summed E-state index contributed by atoms with van der Waals surface area (Å²) in [5, 5.41) is 3.06. The zero-order valence-electron chi connectivity index (χ0n) is 21.6. The number of hydrogen-bond acceptors (Lipinski definition) is 5. The number of amides is 3. The monoisotopic (exact) mass is 528 g/mol. The zero-order valence-corrected chi connectivity index (χ0v) is 22.4. The lowest BCUT2D eigenvalue weighted by Gasteiger charge is -2.41. The van der Waals surface area contributed by atoms with Gasteiger partial charge in [-0.3, -0.25) is 14.4 Å². The minimum Gasteiger partial charge on any atom is -0.350 e. The average Bonchev–Trinajstić information content (AvgIpc) is 3.74. The lowest BCUT2D eigenvalue weighted by Crippen LogP contribution is -2.60. The van der Waals surface area contributed by atoms with E-state index in [1.807, 2.05) is 48.8 Å². The summed E-state index contributed by atoms with van der Waals surface area (Å²) in [5.74, 6) is -0.242. The van der Waals surface area contributed by atoms with Gasteiger partial charge in [-0.05, 0) is 55.4 Å². The molecule has 3 aliphatic rings. The van der Waals surface area contributed by atoms with Gasteiger partial charge in [-0.25, -0.2) is 4.98 Å². The van der Waals surface area contributed by atoms with Crippen molar-refractivity contribution in [2.75, 3.05) is 6.54 Å². The molecule has 0 radical (unpaired) electrons. The number of carbonyl (C=O) groups excluding carboxylic acids is 3. The number of aromatic nitrogens is 1. The van der Waals surface area contributed by atoms with Gasteiger partial charge in [-0.15, -0.1) is 11.3 Å². The number of thiazole rings is 1. The molecule has 1 unspecified atom stereocenters. The fourth-order valence-corrected chi connectivity index (χ4v) is 7.18. The Morgan fingerprint density at radius 1 is 1.08 bits per heavy atom. The van der Waals surface area contributed by atoms with Crippen molar-refractivity contribution in [1.29, 1.82) is 0 Å². The molecule has 7 nitrogen and oxygen atoms in total. The Kier molecular flexibility index (Phi) is 6.51. The molecule has 6 rings (SSSR count). The average molecular weight is 529 g/mol. The molecule has 2 fully saturated rings. The molecular formula is C30H32N4O3S. The molecular weight excluding hydrogens is 496 g/mol. The first-order valence-corrected chi connectivity index (χ1v) is 14.3. The summed E-state index contributed by atoms with van der Waals surface area (Å²) in [6.07, 6.45) is 4.56. The van der Waals surface area contributed by atoms with Gasteiger partial charge in [-0.2, -0.15) is 0 Å². The number of nitrogens with one attached hydrogen (secondary N) is 1. The number of rotatable bonds is 6. The molecule has 1 N–H and O–H groups in total. The molecule has 8 heteroatoms. The minimum atomic E-state index is -0.858. The first-order chi connectivity index (χ1) is 18.5. The van der Waals surface area contributed by atoms with Crippen LogP contribution in [-0.4, -0.2) is 50.6 Å². The van der Waals surface area contributed by atoms with Gasteiger partial charge in [-0.1, -0.05) is 55.3 Å². The number of benzene rings is 2. The number of fused-ring (bicyclic) bond motifs is 1. The highest BCUT2D eigenvalue weighted by atomic mass is 32.1. The van der Waals surface area contributed by atoms with Crippen LogP contribution in [-0.2, 0) is 22.7 Å². The maximum atomic E-state index is 14.2. The highest BCUT2D eigenvalue weighted by Gasteiger charge is 2.54. The molecule has 1 saturated carbocycles. The number of hydrogen-bond donors (Lipinski definition) is 1. The minimum absolute atomic E-state index is 0.0573. The Bertz CT molecular complexity index is 1380. The van der Waals surface area contributed by atoms with Gasteiger partial charge in [0.05, 0.1) is 16.1 Å². The summed E-state index contributed by atoms with van der Waals surface area (Å²) in [7, 11) is 0.